The van der Waals surface area contributed by atoms with Gasteiger partial charge < -0.3 is 5.32 Å². The summed E-state index contributed by atoms with van der Waals surface area (Å²) in [5.41, 5.74) is 2.50. The van der Waals surface area contributed by atoms with E-state index in [1.165, 1.54) is 36.6 Å². The minimum atomic E-state index is 0.461. The third-order valence-electron chi connectivity index (χ3n) is 4.20. The Kier molecular flexibility index (Phi) is 3.28. The minimum absolute atomic E-state index is 0.461. The van der Waals surface area contributed by atoms with Crippen molar-refractivity contribution >= 4 is 10.9 Å². The van der Waals surface area contributed by atoms with Crippen LogP contribution in [0.3, 0.4) is 0 Å². The lowest BCUT2D eigenvalue weighted by Gasteiger charge is -2.30. The van der Waals surface area contributed by atoms with Gasteiger partial charge in [0, 0.05) is 17.6 Å². The molecule has 2 nitrogen and oxygen atoms in total. The summed E-state index contributed by atoms with van der Waals surface area (Å²) in [6.45, 7) is 0. The highest BCUT2D eigenvalue weighted by Gasteiger charge is 2.23. The fourth-order valence-electron chi connectivity index (χ4n) is 2.89. The lowest BCUT2D eigenvalue weighted by molar-refractivity contribution is 0.266. The van der Waals surface area contributed by atoms with Gasteiger partial charge in [-0.05, 0) is 37.1 Å². The van der Waals surface area contributed by atoms with E-state index in [0.717, 1.165) is 11.4 Å². The first-order valence-electron chi connectivity index (χ1n) is 6.89. The summed E-state index contributed by atoms with van der Waals surface area (Å²) in [5, 5.41) is 4.77. The summed E-state index contributed by atoms with van der Waals surface area (Å²) < 4.78 is 0. The predicted molar refractivity (Wildman–Crippen MR) is 75.5 cm³/mol. The molecule has 1 atom stereocenters. The molecule has 1 heterocycles. The number of aromatic nitrogens is 1. The summed E-state index contributed by atoms with van der Waals surface area (Å²) in [4.78, 5) is 4.44. The third-order valence-corrected chi connectivity index (χ3v) is 4.20. The number of fused-ring (bicyclic) bond motifs is 1. The Balaban J connectivity index is 1.95. The zero-order valence-electron chi connectivity index (χ0n) is 10.9. The molecule has 0 saturated heterocycles. The van der Waals surface area contributed by atoms with E-state index < -0.39 is 0 Å². The second-order valence-electron chi connectivity index (χ2n) is 5.29. The standard InChI is InChI=1S/C16H20N2/c1-17-16(11-12-5-2-6-12)14-7-3-9-15-13(14)8-4-10-18-15/h3-4,7-10,12,16-17H,2,5-6,11H2,1H3. The van der Waals surface area contributed by atoms with Crippen molar-refractivity contribution in [1.29, 1.82) is 0 Å². The zero-order valence-corrected chi connectivity index (χ0v) is 10.9. The van der Waals surface area contributed by atoms with Crippen molar-refractivity contribution in [3.8, 4) is 0 Å². The summed E-state index contributed by atoms with van der Waals surface area (Å²) in [7, 11) is 2.07. The quantitative estimate of drug-likeness (QED) is 0.881. The van der Waals surface area contributed by atoms with E-state index in [9.17, 15) is 0 Å². The first kappa shape index (κ1) is 11.7. The molecule has 1 aliphatic rings. The van der Waals surface area contributed by atoms with Crippen LogP contribution in [0.1, 0.15) is 37.3 Å². The van der Waals surface area contributed by atoms with Crippen LogP contribution >= 0.6 is 0 Å². The summed E-state index contributed by atoms with van der Waals surface area (Å²) in [6, 6.07) is 11.1. The van der Waals surface area contributed by atoms with Gasteiger partial charge in [-0.3, -0.25) is 4.98 Å². The molecule has 1 saturated carbocycles. The van der Waals surface area contributed by atoms with E-state index in [4.69, 9.17) is 0 Å². The zero-order chi connectivity index (χ0) is 12.4. The van der Waals surface area contributed by atoms with Crippen LogP contribution in [-0.4, -0.2) is 12.0 Å². The Labute approximate surface area is 108 Å². The molecule has 2 aromatic rings. The molecular weight excluding hydrogens is 220 g/mol. The van der Waals surface area contributed by atoms with Crippen molar-refractivity contribution in [2.24, 2.45) is 5.92 Å². The van der Waals surface area contributed by atoms with Gasteiger partial charge in [-0.1, -0.05) is 37.5 Å². The van der Waals surface area contributed by atoms with E-state index in [0.29, 0.717) is 6.04 Å². The summed E-state index contributed by atoms with van der Waals surface area (Å²) in [5.74, 6) is 0.911. The van der Waals surface area contributed by atoms with Gasteiger partial charge in [0.05, 0.1) is 5.52 Å². The predicted octanol–water partition coefficient (Wildman–Crippen LogP) is 3.69. The van der Waals surface area contributed by atoms with E-state index in [-0.39, 0.29) is 0 Å². The smallest absolute Gasteiger partial charge is 0.0705 e. The number of nitrogens with zero attached hydrogens (tertiary/aromatic N) is 1. The highest BCUT2D eigenvalue weighted by molar-refractivity contribution is 5.82. The fraction of sp³-hybridized carbons (Fsp3) is 0.438. The fourth-order valence-corrected chi connectivity index (χ4v) is 2.89. The summed E-state index contributed by atoms with van der Waals surface area (Å²) >= 11 is 0. The maximum atomic E-state index is 4.44. The highest BCUT2D eigenvalue weighted by atomic mass is 14.9. The van der Waals surface area contributed by atoms with Gasteiger partial charge >= 0.3 is 0 Å². The van der Waals surface area contributed by atoms with Crippen LogP contribution in [0.2, 0.25) is 0 Å². The van der Waals surface area contributed by atoms with Crippen LogP contribution in [0.4, 0.5) is 0 Å². The molecule has 1 unspecified atom stereocenters. The first-order chi connectivity index (χ1) is 8.88. The molecule has 3 rings (SSSR count). The Morgan fingerprint density at radius 3 is 2.89 bits per heavy atom. The molecule has 0 aliphatic heterocycles. The Hall–Kier alpha value is -1.41. The number of nitrogens with one attached hydrogen (secondary N) is 1. The maximum absolute atomic E-state index is 4.44. The maximum Gasteiger partial charge on any atom is 0.0705 e. The average molecular weight is 240 g/mol. The van der Waals surface area contributed by atoms with Crippen LogP contribution in [0.25, 0.3) is 10.9 Å². The molecule has 0 bridgehead atoms. The van der Waals surface area contributed by atoms with Crippen LogP contribution in [0.15, 0.2) is 36.5 Å². The van der Waals surface area contributed by atoms with E-state index in [2.05, 4.69) is 41.6 Å². The number of rotatable bonds is 4. The summed E-state index contributed by atoms with van der Waals surface area (Å²) in [6.07, 6.45) is 7.34. The van der Waals surface area contributed by atoms with Crippen molar-refractivity contribution < 1.29 is 0 Å². The third kappa shape index (κ3) is 2.13. The van der Waals surface area contributed by atoms with Crippen molar-refractivity contribution in [1.82, 2.24) is 10.3 Å². The topological polar surface area (TPSA) is 24.9 Å². The van der Waals surface area contributed by atoms with Crippen molar-refractivity contribution in [2.45, 2.75) is 31.7 Å². The molecule has 1 aliphatic carbocycles. The van der Waals surface area contributed by atoms with Crippen LogP contribution in [0, 0.1) is 5.92 Å². The Morgan fingerprint density at radius 2 is 2.17 bits per heavy atom. The molecule has 1 N–H and O–H groups in total. The molecule has 18 heavy (non-hydrogen) atoms. The van der Waals surface area contributed by atoms with Gasteiger partial charge in [-0.25, -0.2) is 0 Å². The largest absolute Gasteiger partial charge is 0.313 e. The van der Waals surface area contributed by atoms with Crippen molar-refractivity contribution in [3.63, 3.8) is 0 Å². The van der Waals surface area contributed by atoms with Crippen molar-refractivity contribution in [2.75, 3.05) is 7.05 Å². The van der Waals surface area contributed by atoms with Crippen LogP contribution in [0.5, 0.6) is 0 Å². The number of hydrogen-bond acceptors (Lipinski definition) is 2. The van der Waals surface area contributed by atoms with E-state index >= 15 is 0 Å². The van der Waals surface area contributed by atoms with Gasteiger partial charge in [0.2, 0.25) is 0 Å². The number of pyridine rings is 1. The number of hydrogen-bond donors (Lipinski definition) is 1. The molecule has 0 spiro atoms. The first-order valence-corrected chi connectivity index (χ1v) is 6.89. The molecule has 94 valence electrons. The number of benzene rings is 1. The Morgan fingerprint density at radius 1 is 1.28 bits per heavy atom. The molecule has 1 aromatic carbocycles. The monoisotopic (exact) mass is 240 g/mol. The SMILES string of the molecule is CNC(CC1CCC1)c1cccc2ncccc12. The highest BCUT2D eigenvalue weighted by Crippen LogP contribution is 2.36. The molecule has 1 fully saturated rings. The second-order valence-corrected chi connectivity index (χ2v) is 5.29. The van der Waals surface area contributed by atoms with Gasteiger partial charge in [-0.2, -0.15) is 0 Å². The molecule has 1 aromatic heterocycles. The van der Waals surface area contributed by atoms with Crippen LogP contribution < -0.4 is 5.32 Å². The molecule has 0 amide bonds. The van der Waals surface area contributed by atoms with Gasteiger partial charge in [-0.15, -0.1) is 0 Å². The van der Waals surface area contributed by atoms with Crippen molar-refractivity contribution in [3.05, 3.63) is 42.1 Å². The molecule has 2 heteroatoms. The van der Waals surface area contributed by atoms with Gasteiger partial charge in [0.25, 0.3) is 0 Å². The van der Waals surface area contributed by atoms with Crippen LogP contribution in [-0.2, 0) is 0 Å². The lowest BCUT2D eigenvalue weighted by atomic mass is 9.79. The lowest BCUT2D eigenvalue weighted by Crippen LogP contribution is -2.23. The van der Waals surface area contributed by atoms with E-state index in [1.807, 2.05) is 12.3 Å². The minimum Gasteiger partial charge on any atom is -0.313 e. The molecular formula is C16H20N2. The van der Waals surface area contributed by atoms with Gasteiger partial charge in [0.15, 0.2) is 0 Å². The van der Waals surface area contributed by atoms with Gasteiger partial charge in [0.1, 0.15) is 0 Å². The Bertz CT molecular complexity index is 526. The molecule has 0 radical (unpaired) electrons. The average Bonchev–Trinajstić information content (AvgIpc) is 2.38. The van der Waals surface area contributed by atoms with E-state index in [1.54, 1.807) is 0 Å². The second kappa shape index (κ2) is 5.07. The normalized spacial score (nSPS) is 17.6.